The molecule has 0 heterocycles. The maximum absolute atomic E-state index is 11.4. The van der Waals surface area contributed by atoms with E-state index in [1.54, 1.807) is 19.0 Å². The largest absolute Gasteiger partial charge is 0.348 e. The molecule has 0 spiro atoms. The highest BCUT2D eigenvalue weighted by Crippen LogP contribution is 2.40. The highest BCUT2D eigenvalue weighted by molar-refractivity contribution is 5.77. The Morgan fingerprint density at radius 3 is 2.69 bits per heavy atom. The van der Waals surface area contributed by atoms with Gasteiger partial charge >= 0.3 is 0 Å². The third kappa shape index (κ3) is 2.61. The summed E-state index contributed by atoms with van der Waals surface area (Å²) in [5.74, 6) is 0.731. The first-order valence-electron chi connectivity index (χ1n) is 5.67. The fourth-order valence-corrected chi connectivity index (χ4v) is 1.87. The second kappa shape index (κ2) is 4.66. The van der Waals surface area contributed by atoms with Crippen molar-refractivity contribution in [3.63, 3.8) is 0 Å². The molecule has 1 fully saturated rings. The number of benzene rings is 1. The van der Waals surface area contributed by atoms with Gasteiger partial charge in [-0.25, -0.2) is 0 Å². The second-order valence-electron chi connectivity index (χ2n) is 4.53. The molecule has 0 radical (unpaired) electrons. The summed E-state index contributed by atoms with van der Waals surface area (Å²) in [5, 5.41) is 3.30. The first kappa shape index (κ1) is 11.1. The van der Waals surface area contributed by atoms with Crippen molar-refractivity contribution in [3.05, 3.63) is 35.9 Å². The first-order valence-corrected chi connectivity index (χ1v) is 5.67. The predicted molar refractivity (Wildman–Crippen MR) is 64.3 cm³/mol. The summed E-state index contributed by atoms with van der Waals surface area (Å²) in [5.41, 5.74) is 1.37. The minimum absolute atomic E-state index is 0.138. The molecule has 1 saturated carbocycles. The van der Waals surface area contributed by atoms with Crippen LogP contribution < -0.4 is 5.32 Å². The Balaban J connectivity index is 1.78. The third-order valence-electron chi connectivity index (χ3n) is 3.03. The van der Waals surface area contributed by atoms with E-state index >= 15 is 0 Å². The van der Waals surface area contributed by atoms with E-state index in [0.717, 1.165) is 6.42 Å². The topological polar surface area (TPSA) is 32.3 Å². The van der Waals surface area contributed by atoms with Crippen LogP contribution in [0.1, 0.15) is 17.9 Å². The summed E-state index contributed by atoms with van der Waals surface area (Å²) in [6.07, 6.45) is 1.14. The lowest BCUT2D eigenvalue weighted by Crippen LogP contribution is -2.34. The minimum Gasteiger partial charge on any atom is -0.348 e. The van der Waals surface area contributed by atoms with Crippen molar-refractivity contribution in [2.75, 3.05) is 20.6 Å². The van der Waals surface area contributed by atoms with E-state index in [0.29, 0.717) is 18.5 Å². The number of nitrogens with zero attached hydrogens (tertiary/aromatic N) is 1. The lowest BCUT2D eigenvalue weighted by molar-refractivity contribution is -0.127. The second-order valence-corrected chi connectivity index (χ2v) is 4.53. The van der Waals surface area contributed by atoms with E-state index in [9.17, 15) is 4.79 Å². The molecule has 2 rings (SSSR count). The van der Waals surface area contributed by atoms with Gasteiger partial charge in [-0.1, -0.05) is 30.3 Å². The molecule has 1 aromatic rings. The molecule has 86 valence electrons. The number of likely N-dealkylation sites (N-methyl/N-ethyl adjacent to an activating group) is 1. The molecule has 0 aliphatic heterocycles. The molecule has 1 aromatic carbocycles. The van der Waals surface area contributed by atoms with Gasteiger partial charge in [0.2, 0.25) is 5.91 Å². The number of rotatable bonds is 4. The highest BCUT2D eigenvalue weighted by Gasteiger charge is 2.37. The Morgan fingerprint density at radius 2 is 2.06 bits per heavy atom. The van der Waals surface area contributed by atoms with Crippen LogP contribution >= 0.6 is 0 Å². The van der Waals surface area contributed by atoms with Gasteiger partial charge in [-0.3, -0.25) is 4.79 Å². The maximum atomic E-state index is 11.4. The van der Waals surface area contributed by atoms with Crippen molar-refractivity contribution in [2.45, 2.75) is 18.4 Å². The Labute approximate surface area is 96.5 Å². The quantitative estimate of drug-likeness (QED) is 0.824. The minimum atomic E-state index is 0.138. The van der Waals surface area contributed by atoms with Crippen LogP contribution in [0, 0.1) is 0 Å². The van der Waals surface area contributed by atoms with Crippen molar-refractivity contribution >= 4 is 5.91 Å². The fourth-order valence-electron chi connectivity index (χ4n) is 1.87. The molecule has 1 aliphatic carbocycles. The summed E-state index contributed by atoms with van der Waals surface area (Å²) in [6.45, 7) is 0.445. The Bertz CT molecular complexity index is 361. The van der Waals surface area contributed by atoms with E-state index in [4.69, 9.17) is 0 Å². The van der Waals surface area contributed by atoms with E-state index in [-0.39, 0.29) is 5.91 Å². The van der Waals surface area contributed by atoms with E-state index in [2.05, 4.69) is 29.6 Å². The molecule has 1 amide bonds. The molecule has 0 bridgehead atoms. The number of nitrogens with one attached hydrogen (secondary N) is 1. The van der Waals surface area contributed by atoms with Gasteiger partial charge in [-0.2, -0.15) is 0 Å². The van der Waals surface area contributed by atoms with Crippen molar-refractivity contribution in [1.29, 1.82) is 0 Å². The van der Waals surface area contributed by atoms with E-state index in [1.807, 2.05) is 6.07 Å². The van der Waals surface area contributed by atoms with Crippen LogP contribution in [0.15, 0.2) is 30.3 Å². The van der Waals surface area contributed by atoms with Crippen LogP contribution in [0.5, 0.6) is 0 Å². The molecular weight excluding hydrogens is 200 g/mol. The van der Waals surface area contributed by atoms with Gasteiger partial charge < -0.3 is 10.2 Å². The first-order chi connectivity index (χ1) is 7.68. The zero-order valence-electron chi connectivity index (χ0n) is 9.81. The fraction of sp³-hybridized carbons (Fsp3) is 0.462. The standard InChI is InChI=1S/C13H18N2O/c1-15(2)13(16)9-14-12-8-11(12)10-6-4-3-5-7-10/h3-7,11-12,14H,8-9H2,1-2H3/t11?,12-/m0/s1. The average molecular weight is 218 g/mol. The SMILES string of the molecule is CN(C)C(=O)CN[C@H]1CC1c1ccccc1. The number of amides is 1. The monoisotopic (exact) mass is 218 g/mol. The number of carbonyl (C=O) groups is 1. The van der Waals surface area contributed by atoms with Crippen molar-refractivity contribution in [2.24, 2.45) is 0 Å². The number of hydrogen-bond acceptors (Lipinski definition) is 2. The zero-order chi connectivity index (χ0) is 11.5. The van der Waals surface area contributed by atoms with Gasteiger partial charge in [0.15, 0.2) is 0 Å². The van der Waals surface area contributed by atoms with E-state index in [1.165, 1.54) is 5.56 Å². The van der Waals surface area contributed by atoms with Crippen molar-refractivity contribution in [1.82, 2.24) is 10.2 Å². The molecular formula is C13H18N2O. The van der Waals surface area contributed by atoms with E-state index < -0.39 is 0 Å². The van der Waals surface area contributed by atoms with Gasteiger partial charge in [-0.05, 0) is 12.0 Å². The van der Waals surface area contributed by atoms with Gasteiger partial charge in [0, 0.05) is 26.1 Å². The summed E-state index contributed by atoms with van der Waals surface area (Å²) < 4.78 is 0. The van der Waals surface area contributed by atoms with Gasteiger partial charge in [-0.15, -0.1) is 0 Å². The molecule has 1 N–H and O–H groups in total. The van der Waals surface area contributed by atoms with Gasteiger partial charge in [0.25, 0.3) is 0 Å². The summed E-state index contributed by atoms with van der Waals surface area (Å²) >= 11 is 0. The van der Waals surface area contributed by atoms with Crippen LogP contribution in [0.4, 0.5) is 0 Å². The van der Waals surface area contributed by atoms with Crippen LogP contribution in [0.3, 0.4) is 0 Å². The Kier molecular flexibility index (Phi) is 3.25. The lowest BCUT2D eigenvalue weighted by atomic mass is 10.1. The van der Waals surface area contributed by atoms with Crippen molar-refractivity contribution < 1.29 is 4.79 Å². The van der Waals surface area contributed by atoms with Crippen LogP contribution in [0.2, 0.25) is 0 Å². The normalized spacial score (nSPS) is 22.9. The third-order valence-corrected chi connectivity index (χ3v) is 3.03. The summed E-state index contributed by atoms with van der Waals surface area (Å²) in [6, 6.07) is 10.9. The molecule has 16 heavy (non-hydrogen) atoms. The van der Waals surface area contributed by atoms with Crippen LogP contribution in [-0.4, -0.2) is 37.5 Å². The highest BCUT2D eigenvalue weighted by atomic mass is 16.2. The summed E-state index contributed by atoms with van der Waals surface area (Å²) in [4.78, 5) is 13.0. The number of hydrogen-bond donors (Lipinski definition) is 1. The molecule has 1 aliphatic rings. The summed E-state index contributed by atoms with van der Waals surface area (Å²) in [7, 11) is 3.57. The molecule has 1 unspecified atom stereocenters. The molecule has 2 atom stereocenters. The maximum Gasteiger partial charge on any atom is 0.236 e. The lowest BCUT2D eigenvalue weighted by Gasteiger charge is -2.10. The smallest absolute Gasteiger partial charge is 0.236 e. The van der Waals surface area contributed by atoms with Gasteiger partial charge in [0.05, 0.1) is 6.54 Å². The molecule has 3 heteroatoms. The Hall–Kier alpha value is -1.35. The van der Waals surface area contributed by atoms with Crippen LogP contribution in [0.25, 0.3) is 0 Å². The Morgan fingerprint density at radius 1 is 1.38 bits per heavy atom. The van der Waals surface area contributed by atoms with Gasteiger partial charge in [0.1, 0.15) is 0 Å². The average Bonchev–Trinajstić information content (AvgIpc) is 3.06. The number of carbonyl (C=O) groups excluding carboxylic acids is 1. The molecule has 0 saturated heterocycles. The van der Waals surface area contributed by atoms with Crippen LogP contribution in [-0.2, 0) is 4.79 Å². The van der Waals surface area contributed by atoms with Crippen molar-refractivity contribution in [3.8, 4) is 0 Å². The molecule has 0 aromatic heterocycles. The molecule has 3 nitrogen and oxygen atoms in total. The predicted octanol–water partition coefficient (Wildman–Crippen LogP) is 1.22. The zero-order valence-corrected chi connectivity index (χ0v) is 9.81.